The Morgan fingerprint density at radius 2 is 1.95 bits per heavy atom. The van der Waals surface area contributed by atoms with Crippen molar-refractivity contribution in [2.24, 2.45) is 5.41 Å². The molecule has 2 aliphatic rings. The maximum Gasteiger partial charge on any atom is 0.186 e. The van der Waals surface area contributed by atoms with Crippen LogP contribution in [0.15, 0.2) is 0 Å². The van der Waals surface area contributed by atoms with Crippen molar-refractivity contribution in [1.29, 1.82) is 0 Å². The molecule has 1 aromatic heterocycles. The highest BCUT2D eigenvalue weighted by Gasteiger charge is 2.35. The van der Waals surface area contributed by atoms with E-state index in [9.17, 15) is 4.79 Å². The highest BCUT2D eigenvalue weighted by Crippen LogP contribution is 2.40. The Labute approximate surface area is 131 Å². The largest absolute Gasteiger partial charge is 0.345 e. The van der Waals surface area contributed by atoms with Crippen LogP contribution in [0.25, 0.3) is 0 Å². The molecular weight excluding hydrogens is 280 g/mol. The molecule has 116 valence electrons. The van der Waals surface area contributed by atoms with E-state index < -0.39 is 0 Å². The predicted molar refractivity (Wildman–Crippen MR) is 88.4 cm³/mol. The van der Waals surface area contributed by atoms with Crippen molar-refractivity contribution in [3.8, 4) is 0 Å². The minimum Gasteiger partial charge on any atom is -0.345 e. The molecule has 1 fully saturated rings. The second-order valence-corrected chi connectivity index (χ2v) is 8.27. The topological polar surface area (TPSA) is 33.2 Å². The molecule has 0 radical (unpaired) electrons. The van der Waals surface area contributed by atoms with E-state index in [2.05, 4.69) is 25.7 Å². The zero-order valence-corrected chi connectivity index (χ0v) is 14.3. The van der Waals surface area contributed by atoms with E-state index in [1.807, 2.05) is 0 Å². The smallest absolute Gasteiger partial charge is 0.186 e. The molecule has 4 heteroatoms. The van der Waals surface area contributed by atoms with Gasteiger partial charge in [-0.25, -0.2) is 4.98 Å². The van der Waals surface area contributed by atoms with Crippen LogP contribution in [0.3, 0.4) is 0 Å². The Hall–Kier alpha value is -0.900. The van der Waals surface area contributed by atoms with Gasteiger partial charge in [-0.1, -0.05) is 44.4 Å². The van der Waals surface area contributed by atoms with Crippen LogP contribution in [0.4, 0.5) is 5.13 Å². The van der Waals surface area contributed by atoms with Crippen LogP contribution < -0.4 is 4.90 Å². The van der Waals surface area contributed by atoms with Crippen molar-refractivity contribution in [1.82, 2.24) is 4.98 Å². The summed E-state index contributed by atoms with van der Waals surface area (Å²) >= 11 is 1.64. The second-order valence-electron chi connectivity index (χ2n) is 7.29. The first-order valence-corrected chi connectivity index (χ1v) is 9.11. The molecule has 0 atom stereocenters. The van der Waals surface area contributed by atoms with Crippen LogP contribution in [-0.2, 0) is 6.42 Å². The number of rotatable bonds is 3. The third-order valence-corrected chi connectivity index (χ3v) is 6.00. The Morgan fingerprint density at radius 3 is 2.62 bits per heavy atom. The van der Waals surface area contributed by atoms with Crippen LogP contribution in [-0.4, -0.2) is 23.4 Å². The van der Waals surface area contributed by atoms with Crippen LogP contribution in [0.5, 0.6) is 0 Å². The van der Waals surface area contributed by atoms with Crippen molar-refractivity contribution in [3.05, 3.63) is 10.6 Å². The molecule has 2 aliphatic carbocycles. The number of carbonyl (C=O) groups excluding carboxylic acids is 1. The maximum atomic E-state index is 12.4. The van der Waals surface area contributed by atoms with Gasteiger partial charge in [-0.05, 0) is 31.6 Å². The summed E-state index contributed by atoms with van der Waals surface area (Å²) in [4.78, 5) is 20.6. The number of hydrogen-bond acceptors (Lipinski definition) is 4. The lowest BCUT2D eigenvalue weighted by Crippen LogP contribution is -2.36. The van der Waals surface area contributed by atoms with Crippen LogP contribution in [0, 0.1) is 5.41 Å². The Bertz CT molecular complexity index is 529. The lowest BCUT2D eigenvalue weighted by molar-refractivity contribution is 0.0916. The molecule has 0 aliphatic heterocycles. The van der Waals surface area contributed by atoms with Crippen molar-refractivity contribution in [2.45, 2.75) is 71.8 Å². The van der Waals surface area contributed by atoms with Gasteiger partial charge in [-0.2, -0.15) is 0 Å². The summed E-state index contributed by atoms with van der Waals surface area (Å²) in [6, 6.07) is 0.625. The molecule has 0 unspecified atom stereocenters. The number of nitrogens with zero attached hydrogens (tertiary/aromatic N) is 2. The number of ketones is 1. The molecule has 3 rings (SSSR count). The molecule has 0 amide bonds. The minimum absolute atomic E-state index is 0.0668. The van der Waals surface area contributed by atoms with E-state index in [-0.39, 0.29) is 5.41 Å². The van der Waals surface area contributed by atoms with Crippen molar-refractivity contribution in [2.75, 3.05) is 11.4 Å². The third-order valence-electron chi connectivity index (χ3n) is 4.83. The van der Waals surface area contributed by atoms with Gasteiger partial charge in [0.25, 0.3) is 0 Å². The lowest BCUT2D eigenvalue weighted by Gasteiger charge is -2.33. The summed E-state index contributed by atoms with van der Waals surface area (Å²) in [5.74, 6) is 0.296. The summed E-state index contributed by atoms with van der Waals surface area (Å²) in [7, 11) is 0. The molecule has 0 spiro atoms. The Balaban J connectivity index is 1.87. The average molecular weight is 306 g/mol. The SMILES string of the molecule is CCN(c1nc2c(s1)C(=O)CC(C)(C)C2)C1CCCCC1. The quantitative estimate of drug-likeness (QED) is 0.826. The molecular formula is C17H26N2OS. The predicted octanol–water partition coefficient (Wildman–Crippen LogP) is 4.46. The van der Waals surface area contributed by atoms with E-state index in [4.69, 9.17) is 4.98 Å². The highest BCUT2D eigenvalue weighted by atomic mass is 32.1. The second kappa shape index (κ2) is 5.71. The van der Waals surface area contributed by atoms with E-state index in [1.165, 1.54) is 32.1 Å². The summed E-state index contributed by atoms with van der Waals surface area (Å²) in [5.41, 5.74) is 1.11. The first-order valence-electron chi connectivity index (χ1n) is 8.30. The van der Waals surface area contributed by atoms with Crippen molar-refractivity contribution >= 4 is 22.3 Å². The summed E-state index contributed by atoms with van der Waals surface area (Å²) < 4.78 is 0. The van der Waals surface area contributed by atoms with Gasteiger partial charge in [-0.3, -0.25) is 4.79 Å². The number of aromatic nitrogens is 1. The highest BCUT2D eigenvalue weighted by molar-refractivity contribution is 7.17. The summed E-state index contributed by atoms with van der Waals surface area (Å²) in [6.07, 6.45) is 8.19. The van der Waals surface area contributed by atoms with Crippen molar-refractivity contribution in [3.63, 3.8) is 0 Å². The summed E-state index contributed by atoms with van der Waals surface area (Å²) in [6.45, 7) is 7.55. The van der Waals surface area contributed by atoms with E-state index in [0.717, 1.165) is 28.7 Å². The molecule has 0 aromatic carbocycles. The van der Waals surface area contributed by atoms with E-state index in [0.29, 0.717) is 18.2 Å². The zero-order chi connectivity index (χ0) is 15.0. The fourth-order valence-corrected chi connectivity index (χ4v) is 4.93. The van der Waals surface area contributed by atoms with Gasteiger partial charge in [0.1, 0.15) is 0 Å². The molecule has 1 heterocycles. The number of Topliss-reactive ketones (excluding diaryl/α,β-unsaturated/α-hetero) is 1. The number of carbonyl (C=O) groups is 1. The lowest BCUT2D eigenvalue weighted by atomic mass is 9.78. The number of thiazole rings is 1. The average Bonchev–Trinajstić information content (AvgIpc) is 2.83. The first-order chi connectivity index (χ1) is 10.00. The zero-order valence-electron chi connectivity index (χ0n) is 13.4. The van der Waals surface area contributed by atoms with Gasteiger partial charge in [0.15, 0.2) is 10.9 Å². The van der Waals surface area contributed by atoms with E-state index in [1.54, 1.807) is 11.3 Å². The Morgan fingerprint density at radius 1 is 1.24 bits per heavy atom. The number of anilines is 1. The van der Waals surface area contributed by atoms with E-state index >= 15 is 0 Å². The fraction of sp³-hybridized carbons (Fsp3) is 0.765. The molecule has 0 saturated heterocycles. The molecule has 0 bridgehead atoms. The van der Waals surface area contributed by atoms with Gasteiger partial charge in [0, 0.05) is 19.0 Å². The van der Waals surface area contributed by atoms with Gasteiger partial charge < -0.3 is 4.90 Å². The third kappa shape index (κ3) is 3.01. The first kappa shape index (κ1) is 15.0. The normalized spacial score (nSPS) is 22.1. The van der Waals surface area contributed by atoms with Gasteiger partial charge in [0.05, 0.1) is 10.6 Å². The van der Waals surface area contributed by atoms with Gasteiger partial charge in [-0.15, -0.1) is 0 Å². The van der Waals surface area contributed by atoms with Crippen molar-refractivity contribution < 1.29 is 4.79 Å². The van der Waals surface area contributed by atoms with Gasteiger partial charge in [0.2, 0.25) is 0 Å². The van der Waals surface area contributed by atoms with Crippen LogP contribution >= 0.6 is 11.3 Å². The molecule has 21 heavy (non-hydrogen) atoms. The monoisotopic (exact) mass is 306 g/mol. The number of hydrogen-bond donors (Lipinski definition) is 0. The Kier molecular flexibility index (Phi) is 4.08. The molecule has 3 nitrogen and oxygen atoms in total. The molecule has 0 N–H and O–H groups in total. The van der Waals surface area contributed by atoms with Crippen LogP contribution in [0.2, 0.25) is 0 Å². The van der Waals surface area contributed by atoms with Gasteiger partial charge >= 0.3 is 0 Å². The fourth-order valence-electron chi connectivity index (χ4n) is 3.77. The minimum atomic E-state index is 0.0668. The van der Waals surface area contributed by atoms with Crippen LogP contribution in [0.1, 0.15) is 74.7 Å². The maximum absolute atomic E-state index is 12.4. The summed E-state index contributed by atoms with van der Waals surface area (Å²) in [5, 5.41) is 1.08. The molecule has 1 aromatic rings. The standard InChI is InChI=1S/C17H26N2OS/c1-4-19(12-8-6-5-7-9-12)16-18-13-10-17(2,3)11-14(20)15(13)21-16/h12H,4-11H2,1-3H3. The number of fused-ring (bicyclic) bond motifs is 1. The molecule has 1 saturated carbocycles.